The summed E-state index contributed by atoms with van der Waals surface area (Å²) >= 11 is 0. The normalized spacial score (nSPS) is 34.7. The van der Waals surface area contributed by atoms with Crippen LogP contribution >= 0.6 is 0 Å². The maximum atomic E-state index is 13.9. The smallest absolute Gasteiger partial charge is 0.303 e. The lowest BCUT2D eigenvalue weighted by molar-refractivity contribution is -0.174. The molecular formula is C30H28O7. The van der Waals surface area contributed by atoms with Gasteiger partial charge in [-0.15, -0.1) is 0 Å². The molecule has 37 heavy (non-hydrogen) atoms. The molecule has 1 unspecified atom stereocenters. The Kier molecular flexibility index (Phi) is 5.14. The van der Waals surface area contributed by atoms with E-state index in [-0.39, 0.29) is 63.2 Å². The number of benzene rings is 1. The van der Waals surface area contributed by atoms with E-state index >= 15 is 0 Å². The van der Waals surface area contributed by atoms with Gasteiger partial charge >= 0.3 is 5.97 Å². The molecule has 0 heterocycles. The number of Topliss-reactive ketones (excluding diaryl/α,β-unsaturated/α-hetero) is 4. The van der Waals surface area contributed by atoms with Gasteiger partial charge in [0.25, 0.3) is 0 Å². The number of hydrogen-bond donors (Lipinski definition) is 0. The average molecular weight is 501 g/mol. The molecule has 5 atom stereocenters. The first kappa shape index (κ1) is 24.9. The maximum absolute atomic E-state index is 13.9. The average Bonchev–Trinajstić information content (AvgIpc) is 2.96. The second-order valence-electron chi connectivity index (χ2n) is 11.1. The van der Waals surface area contributed by atoms with E-state index in [4.69, 9.17) is 4.74 Å². The molecule has 0 spiro atoms. The Bertz CT molecular complexity index is 1470. The van der Waals surface area contributed by atoms with Gasteiger partial charge in [0.15, 0.2) is 28.9 Å². The Morgan fingerprint density at radius 3 is 2.08 bits per heavy atom. The van der Waals surface area contributed by atoms with Gasteiger partial charge in [-0.2, -0.15) is 0 Å². The number of esters is 1. The van der Waals surface area contributed by atoms with Gasteiger partial charge in [0.2, 0.25) is 0 Å². The van der Waals surface area contributed by atoms with E-state index in [0.717, 1.165) is 0 Å². The number of carbonyl (C=O) groups excluding carboxylic acids is 6. The Morgan fingerprint density at radius 1 is 0.892 bits per heavy atom. The first-order valence-electron chi connectivity index (χ1n) is 12.3. The highest BCUT2D eigenvalue weighted by molar-refractivity contribution is 6.27. The number of allylic oxidation sites excluding steroid dienone is 5. The zero-order valence-corrected chi connectivity index (χ0v) is 21.7. The molecule has 1 aromatic carbocycles. The molecule has 7 nitrogen and oxygen atoms in total. The fourth-order valence-corrected chi connectivity index (χ4v) is 7.66. The molecule has 2 bridgehead atoms. The van der Waals surface area contributed by atoms with Crippen LogP contribution in [0.1, 0.15) is 68.7 Å². The van der Waals surface area contributed by atoms with Crippen LogP contribution in [-0.4, -0.2) is 40.5 Å². The lowest BCUT2D eigenvalue weighted by Crippen LogP contribution is -2.57. The van der Waals surface area contributed by atoms with Crippen LogP contribution in [0.2, 0.25) is 0 Å². The molecule has 0 amide bonds. The molecule has 1 fully saturated rings. The van der Waals surface area contributed by atoms with Crippen molar-refractivity contribution in [2.75, 3.05) is 0 Å². The van der Waals surface area contributed by atoms with E-state index in [1.807, 2.05) is 0 Å². The summed E-state index contributed by atoms with van der Waals surface area (Å²) in [5.41, 5.74) is -3.20. The first-order valence-corrected chi connectivity index (χ1v) is 12.3. The van der Waals surface area contributed by atoms with Crippen LogP contribution in [0, 0.1) is 22.7 Å². The number of hydrogen-bond acceptors (Lipinski definition) is 7. The van der Waals surface area contributed by atoms with Crippen molar-refractivity contribution in [2.24, 2.45) is 22.7 Å². The van der Waals surface area contributed by atoms with Crippen molar-refractivity contribution in [3.63, 3.8) is 0 Å². The van der Waals surface area contributed by atoms with Crippen LogP contribution in [0.5, 0.6) is 0 Å². The second kappa shape index (κ2) is 7.63. The summed E-state index contributed by atoms with van der Waals surface area (Å²) in [6, 6.07) is 6.53. The molecule has 4 aliphatic rings. The first-order chi connectivity index (χ1) is 17.2. The fraction of sp³-hybridized carbons (Fsp3) is 0.400. The molecule has 7 heteroatoms. The second-order valence-corrected chi connectivity index (χ2v) is 11.1. The number of fused-ring (bicyclic) bond motifs is 6. The van der Waals surface area contributed by atoms with Crippen molar-refractivity contribution in [1.29, 1.82) is 0 Å². The molecule has 0 aliphatic heterocycles. The van der Waals surface area contributed by atoms with Crippen LogP contribution < -0.4 is 0 Å². The van der Waals surface area contributed by atoms with Gasteiger partial charge in [0.1, 0.15) is 5.60 Å². The van der Waals surface area contributed by atoms with Gasteiger partial charge in [0.05, 0.1) is 11.3 Å². The summed E-state index contributed by atoms with van der Waals surface area (Å²) in [4.78, 5) is 80.8. The Labute approximate surface area is 214 Å². The highest BCUT2D eigenvalue weighted by atomic mass is 16.6. The molecule has 1 saturated carbocycles. The standard InChI is InChI=1S/C30H28O7/c1-14-11-21(32)25-28(5)22(12-20-16(3)23(33)18-9-7-8-10-19(18)24(20)34)30(37-17(4)31,13-15(2)26(28)35)29(25,6)27(14)36/h7-11,13,22,25H,12H2,1-6H3/t22?,25-,28-,29+,30-/m0/s1. The largest absolute Gasteiger partial charge is 0.454 e. The van der Waals surface area contributed by atoms with Crippen LogP contribution in [0.25, 0.3) is 0 Å². The maximum Gasteiger partial charge on any atom is 0.303 e. The monoisotopic (exact) mass is 500 g/mol. The molecule has 0 saturated heterocycles. The highest BCUT2D eigenvalue weighted by Gasteiger charge is 2.81. The van der Waals surface area contributed by atoms with E-state index in [9.17, 15) is 28.8 Å². The van der Waals surface area contributed by atoms with Crippen molar-refractivity contribution in [2.45, 2.75) is 53.6 Å². The molecule has 0 N–H and O–H groups in total. The minimum atomic E-state index is -1.67. The van der Waals surface area contributed by atoms with Gasteiger partial charge in [0, 0.05) is 40.5 Å². The summed E-state index contributed by atoms with van der Waals surface area (Å²) in [5, 5.41) is 0. The van der Waals surface area contributed by atoms with Crippen molar-refractivity contribution in [3.8, 4) is 0 Å². The quantitative estimate of drug-likeness (QED) is 0.578. The topological polar surface area (TPSA) is 112 Å². The predicted molar refractivity (Wildman–Crippen MR) is 133 cm³/mol. The highest BCUT2D eigenvalue weighted by Crippen LogP contribution is 2.71. The summed E-state index contributed by atoms with van der Waals surface area (Å²) in [5.74, 6) is -4.48. The van der Waals surface area contributed by atoms with Crippen LogP contribution in [0.4, 0.5) is 0 Å². The van der Waals surface area contributed by atoms with Gasteiger partial charge in [-0.3, -0.25) is 28.8 Å². The minimum absolute atomic E-state index is 0.115. The molecule has 0 aromatic heterocycles. The molecule has 4 aliphatic carbocycles. The van der Waals surface area contributed by atoms with Crippen LogP contribution in [0.15, 0.2) is 58.7 Å². The molecule has 190 valence electrons. The third-order valence-electron chi connectivity index (χ3n) is 9.19. The van der Waals surface area contributed by atoms with Crippen LogP contribution in [0.3, 0.4) is 0 Å². The van der Waals surface area contributed by atoms with E-state index in [1.54, 1.807) is 52.0 Å². The SMILES string of the molecule is CC(=O)O[C@@]12C=C(C)C(=O)[C@@](C)(C1CC1=C(C)C(=O)c3ccccc3C1=O)[C@@H]1C(=O)C=C(C)C(=O)[C@@]12C. The van der Waals surface area contributed by atoms with Gasteiger partial charge in [-0.25, -0.2) is 0 Å². The third kappa shape index (κ3) is 2.82. The summed E-state index contributed by atoms with van der Waals surface area (Å²) in [6.07, 6.45) is 2.65. The Hall–Kier alpha value is -3.74. The van der Waals surface area contributed by atoms with E-state index in [0.29, 0.717) is 5.56 Å². The number of rotatable bonds is 3. The van der Waals surface area contributed by atoms with E-state index in [2.05, 4.69) is 0 Å². The Morgan fingerprint density at radius 2 is 1.49 bits per heavy atom. The lowest BCUT2D eigenvalue weighted by atomic mass is 9.59. The minimum Gasteiger partial charge on any atom is -0.454 e. The van der Waals surface area contributed by atoms with E-state index in [1.165, 1.54) is 26.0 Å². The zero-order valence-electron chi connectivity index (χ0n) is 21.7. The number of ether oxygens (including phenoxy) is 1. The van der Waals surface area contributed by atoms with Gasteiger partial charge < -0.3 is 4.74 Å². The summed E-state index contributed by atoms with van der Waals surface area (Å²) < 4.78 is 6.03. The number of carbonyl (C=O) groups is 6. The van der Waals surface area contributed by atoms with Crippen molar-refractivity contribution < 1.29 is 33.5 Å². The molecule has 0 radical (unpaired) electrons. The van der Waals surface area contributed by atoms with Crippen molar-refractivity contribution in [1.82, 2.24) is 0 Å². The van der Waals surface area contributed by atoms with Crippen LogP contribution in [-0.2, 0) is 23.9 Å². The summed E-state index contributed by atoms with van der Waals surface area (Å²) in [6.45, 7) is 9.12. The fourth-order valence-electron chi connectivity index (χ4n) is 7.66. The van der Waals surface area contributed by atoms with Crippen molar-refractivity contribution >= 4 is 34.9 Å². The van der Waals surface area contributed by atoms with Gasteiger partial charge in [-0.1, -0.05) is 31.2 Å². The predicted octanol–water partition coefficient (Wildman–Crippen LogP) is 3.96. The lowest BCUT2D eigenvalue weighted by Gasteiger charge is -2.47. The van der Waals surface area contributed by atoms with Crippen molar-refractivity contribution in [3.05, 3.63) is 69.8 Å². The number of ketones is 5. The Balaban J connectivity index is 1.79. The molecule has 1 aromatic rings. The molecular weight excluding hydrogens is 472 g/mol. The third-order valence-corrected chi connectivity index (χ3v) is 9.19. The van der Waals surface area contributed by atoms with E-state index < -0.39 is 34.2 Å². The molecule has 5 rings (SSSR count). The van der Waals surface area contributed by atoms with Gasteiger partial charge in [-0.05, 0) is 57.4 Å². The zero-order chi connectivity index (χ0) is 27.2. The summed E-state index contributed by atoms with van der Waals surface area (Å²) in [7, 11) is 0.